The van der Waals surface area contributed by atoms with Gasteiger partial charge < -0.3 is 9.88 Å². The highest BCUT2D eigenvalue weighted by molar-refractivity contribution is 6.34. The van der Waals surface area contributed by atoms with Crippen LogP contribution in [0.2, 0.25) is 0 Å². The highest BCUT2D eigenvalue weighted by atomic mass is 16.6. The quantitative estimate of drug-likeness (QED) is 0.286. The van der Waals surface area contributed by atoms with Gasteiger partial charge in [-0.3, -0.25) is 24.5 Å². The maximum absolute atomic E-state index is 12.7. The Hall–Kier alpha value is -4.79. The molecule has 0 aliphatic carbocycles. The molecule has 0 saturated heterocycles. The van der Waals surface area contributed by atoms with Crippen LogP contribution in [0.1, 0.15) is 20.7 Å². The number of anilines is 2. The summed E-state index contributed by atoms with van der Waals surface area (Å²) in [5.41, 5.74) is 2.15. The summed E-state index contributed by atoms with van der Waals surface area (Å²) in [5.74, 6) is -1.15. The van der Waals surface area contributed by atoms with Crippen LogP contribution < -0.4 is 10.2 Å². The fourth-order valence-corrected chi connectivity index (χ4v) is 3.94. The number of aromatic nitrogens is 1. The van der Waals surface area contributed by atoms with Crippen molar-refractivity contribution in [3.8, 4) is 0 Å². The summed E-state index contributed by atoms with van der Waals surface area (Å²) in [7, 11) is 0. The summed E-state index contributed by atoms with van der Waals surface area (Å²) in [6.45, 7) is -0.0153. The van der Waals surface area contributed by atoms with Crippen molar-refractivity contribution in [3.63, 3.8) is 0 Å². The Kier molecular flexibility index (Phi) is 4.71. The van der Waals surface area contributed by atoms with Crippen LogP contribution in [0.3, 0.4) is 0 Å². The van der Waals surface area contributed by atoms with Gasteiger partial charge in [-0.05, 0) is 42.5 Å². The lowest BCUT2D eigenvalue weighted by Gasteiger charge is -2.15. The van der Waals surface area contributed by atoms with Crippen molar-refractivity contribution in [1.29, 1.82) is 0 Å². The fraction of sp³-hybridized carbons (Fsp3) is 0.0417. The molecule has 9 nitrogen and oxygen atoms in total. The van der Waals surface area contributed by atoms with Crippen molar-refractivity contribution in [3.05, 3.63) is 100 Å². The number of benzene rings is 3. The summed E-state index contributed by atoms with van der Waals surface area (Å²) in [5, 5.41) is 14.4. The smallest absolute Gasteiger partial charge is 0.270 e. The molecule has 3 aromatic carbocycles. The van der Waals surface area contributed by atoms with Gasteiger partial charge in [-0.1, -0.05) is 18.2 Å². The number of amides is 3. The van der Waals surface area contributed by atoms with Crippen molar-refractivity contribution in [2.24, 2.45) is 0 Å². The number of carbonyl (C=O) groups excluding carboxylic acids is 3. The Morgan fingerprint density at radius 1 is 0.909 bits per heavy atom. The van der Waals surface area contributed by atoms with Crippen LogP contribution in [0.4, 0.5) is 17.1 Å². The Morgan fingerprint density at radius 2 is 1.64 bits per heavy atom. The number of imide groups is 1. The van der Waals surface area contributed by atoms with Crippen molar-refractivity contribution in [2.45, 2.75) is 6.54 Å². The lowest BCUT2D eigenvalue weighted by atomic mass is 10.1. The van der Waals surface area contributed by atoms with Crippen LogP contribution in [-0.4, -0.2) is 27.2 Å². The van der Waals surface area contributed by atoms with E-state index in [2.05, 4.69) is 5.32 Å². The van der Waals surface area contributed by atoms with Crippen LogP contribution >= 0.6 is 0 Å². The zero-order chi connectivity index (χ0) is 23.1. The van der Waals surface area contributed by atoms with Crippen molar-refractivity contribution < 1.29 is 19.3 Å². The first kappa shape index (κ1) is 20.1. The molecule has 33 heavy (non-hydrogen) atoms. The number of rotatable bonds is 5. The number of non-ortho nitro benzene ring substituents is 1. The second-order valence-corrected chi connectivity index (χ2v) is 7.53. The normalized spacial score (nSPS) is 12.8. The first-order valence-electron chi connectivity index (χ1n) is 10.0. The third-order valence-corrected chi connectivity index (χ3v) is 5.46. The second-order valence-electron chi connectivity index (χ2n) is 7.53. The van der Waals surface area contributed by atoms with E-state index < -0.39 is 16.7 Å². The molecular weight excluding hydrogens is 424 g/mol. The monoisotopic (exact) mass is 440 g/mol. The van der Waals surface area contributed by atoms with E-state index in [1.165, 1.54) is 12.1 Å². The van der Waals surface area contributed by atoms with Gasteiger partial charge in [0.2, 0.25) is 5.91 Å². The van der Waals surface area contributed by atoms with Gasteiger partial charge >= 0.3 is 0 Å². The number of nitro groups is 1. The Labute approximate surface area is 187 Å². The molecule has 0 bridgehead atoms. The molecular formula is C24H16N4O5. The maximum atomic E-state index is 12.7. The molecule has 0 atom stereocenters. The van der Waals surface area contributed by atoms with Crippen LogP contribution in [-0.2, 0) is 11.3 Å². The standard InChI is InChI=1S/C24H16N4O5/c29-22(14-26-11-10-15-12-18(28(32)33)8-9-21(15)26)25-16-4-3-5-17(13-16)27-23(30)19-6-1-2-7-20(19)24(27)31/h1-13H,14H2,(H,25,29). The maximum Gasteiger partial charge on any atom is 0.270 e. The SMILES string of the molecule is O=C(Cn1ccc2cc([N+](=O)[O-])ccc21)Nc1cccc(N2C(=O)c3ccccc3C2=O)c1. The number of hydrogen-bond acceptors (Lipinski definition) is 5. The van der Waals surface area contributed by atoms with Crippen LogP contribution in [0.25, 0.3) is 10.9 Å². The summed E-state index contributed by atoms with van der Waals surface area (Å²) in [6.07, 6.45) is 1.68. The van der Waals surface area contributed by atoms with Crippen molar-refractivity contribution in [1.82, 2.24) is 4.57 Å². The molecule has 1 aliphatic heterocycles. The van der Waals surface area contributed by atoms with E-state index in [4.69, 9.17) is 0 Å². The second kappa shape index (κ2) is 7.72. The first-order chi connectivity index (χ1) is 15.9. The minimum atomic E-state index is -0.467. The summed E-state index contributed by atoms with van der Waals surface area (Å²) in [4.78, 5) is 49.7. The first-order valence-corrected chi connectivity index (χ1v) is 10.0. The number of nitro benzene ring substituents is 1. The van der Waals surface area contributed by atoms with Gasteiger partial charge in [-0.2, -0.15) is 0 Å². The molecule has 0 radical (unpaired) electrons. The Bertz CT molecular complexity index is 1440. The molecule has 2 heterocycles. The molecule has 162 valence electrons. The van der Waals surface area contributed by atoms with Crippen molar-refractivity contribution >= 4 is 45.7 Å². The molecule has 4 aromatic rings. The average molecular weight is 440 g/mol. The van der Waals surface area contributed by atoms with E-state index >= 15 is 0 Å². The zero-order valence-electron chi connectivity index (χ0n) is 17.1. The van der Waals surface area contributed by atoms with Gasteiger partial charge in [0.25, 0.3) is 17.5 Å². The van der Waals surface area contributed by atoms with E-state index in [1.54, 1.807) is 71.4 Å². The lowest BCUT2D eigenvalue weighted by molar-refractivity contribution is -0.384. The van der Waals surface area contributed by atoms with E-state index in [9.17, 15) is 24.5 Å². The van der Waals surface area contributed by atoms with Crippen LogP contribution in [0.5, 0.6) is 0 Å². The van der Waals surface area contributed by atoms with Gasteiger partial charge in [0, 0.05) is 34.9 Å². The largest absolute Gasteiger partial charge is 0.338 e. The van der Waals surface area contributed by atoms with Gasteiger partial charge in [0.15, 0.2) is 0 Å². The summed E-state index contributed by atoms with van der Waals surface area (Å²) in [6, 6.07) is 19.3. The summed E-state index contributed by atoms with van der Waals surface area (Å²) < 4.78 is 1.68. The molecule has 3 amide bonds. The Morgan fingerprint density at radius 3 is 2.33 bits per heavy atom. The van der Waals surface area contributed by atoms with Gasteiger partial charge in [-0.15, -0.1) is 0 Å². The molecule has 9 heteroatoms. The molecule has 5 rings (SSSR count). The highest BCUT2D eigenvalue weighted by Crippen LogP contribution is 2.30. The molecule has 1 N–H and O–H groups in total. The predicted octanol–water partition coefficient (Wildman–Crippen LogP) is 3.99. The van der Waals surface area contributed by atoms with E-state index in [0.29, 0.717) is 33.4 Å². The third kappa shape index (κ3) is 3.51. The number of carbonyl (C=O) groups is 3. The predicted molar refractivity (Wildman–Crippen MR) is 121 cm³/mol. The Balaban J connectivity index is 1.34. The van der Waals surface area contributed by atoms with Gasteiger partial charge in [0.05, 0.1) is 21.7 Å². The van der Waals surface area contributed by atoms with Crippen LogP contribution in [0.15, 0.2) is 79.0 Å². The molecule has 0 fully saturated rings. The van der Waals surface area contributed by atoms with Crippen molar-refractivity contribution in [2.75, 3.05) is 10.2 Å². The lowest BCUT2D eigenvalue weighted by Crippen LogP contribution is -2.29. The van der Waals surface area contributed by atoms with Gasteiger partial charge in [0.1, 0.15) is 6.54 Å². The van der Waals surface area contributed by atoms with E-state index in [0.717, 1.165) is 4.90 Å². The molecule has 0 spiro atoms. The summed E-state index contributed by atoms with van der Waals surface area (Å²) >= 11 is 0. The van der Waals surface area contributed by atoms with E-state index in [-0.39, 0.29) is 18.1 Å². The van der Waals surface area contributed by atoms with Gasteiger partial charge in [-0.25, -0.2) is 4.90 Å². The highest BCUT2D eigenvalue weighted by Gasteiger charge is 2.36. The molecule has 1 aromatic heterocycles. The minimum Gasteiger partial charge on any atom is -0.338 e. The number of nitrogens with one attached hydrogen (secondary N) is 1. The third-order valence-electron chi connectivity index (χ3n) is 5.46. The zero-order valence-corrected chi connectivity index (χ0v) is 17.1. The van der Waals surface area contributed by atoms with Crippen LogP contribution in [0, 0.1) is 10.1 Å². The molecule has 0 saturated carbocycles. The fourth-order valence-electron chi connectivity index (χ4n) is 3.94. The number of hydrogen-bond donors (Lipinski definition) is 1. The number of nitrogens with zero attached hydrogens (tertiary/aromatic N) is 3. The topological polar surface area (TPSA) is 115 Å². The molecule has 1 aliphatic rings. The molecule has 0 unspecified atom stereocenters. The van der Waals surface area contributed by atoms with E-state index in [1.807, 2.05) is 0 Å². The minimum absolute atomic E-state index is 0.0153. The number of fused-ring (bicyclic) bond motifs is 2. The average Bonchev–Trinajstić information content (AvgIpc) is 3.32.